The molecule has 0 aliphatic carbocycles. The molecule has 8 nitrogen and oxygen atoms in total. The number of halogens is 1. The highest BCUT2D eigenvalue weighted by molar-refractivity contribution is 6.41. The maximum atomic E-state index is 12.0. The molecule has 0 aromatic heterocycles. The molecule has 0 fully saturated rings. The van der Waals surface area contributed by atoms with E-state index in [4.69, 9.17) is 26.8 Å². The second-order valence-electron chi connectivity index (χ2n) is 4.39. The molecule has 0 unspecified atom stereocenters. The van der Waals surface area contributed by atoms with E-state index in [1.165, 1.54) is 26.4 Å². The van der Waals surface area contributed by atoms with E-state index < -0.39 is 11.8 Å². The van der Waals surface area contributed by atoms with Crippen molar-refractivity contribution in [3.8, 4) is 11.5 Å². The summed E-state index contributed by atoms with van der Waals surface area (Å²) in [5.74, 6) is -1.44. The number of nitrogens with two attached hydrogens (primary N) is 1. The van der Waals surface area contributed by atoms with Crippen molar-refractivity contribution in [3.05, 3.63) is 17.2 Å². The Labute approximate surface area is 138 Å². The second kappa shape index (κ2) is 8.96. The topological polar surface area (TPSA) is 111 Å². The van der Waals surface area contributed by atoms with Gasteiger partial charge in [0.1, 0.15) is 11.5 Å². The average Bonchev–Trinajstić information content (AvgIpc) is 2.56. The van der Waals surface area contributed by atoms with Crippen molar-refractivity contribution in [1.82, 2.24) is 4.90 Å². The first-order chi connectivity index (χ1) is 11.0. The number of ether oxygens (including phenoxy) is 2. The summed E-state index contributed by atoms with van der Waals surface area (Å²) in [6, 6.07) is 2.85. The molecule has 0 spiro atoms. The minimum Gasteiger partial charge on any atom is -0.495 e. The fourth-order valence-corrected chi connectivity index (χ4v) is 1.96. The maximum absolute atomic E-state index is 12.0. The summed E-state index contributed by atoms with van der Waals surface area (Å²) in [4.78, 5) is 35.6. The highest BCUT2D eigenvalue weighted by Gasteiger charge is 2.23. The zero-order valence-electron chi connectivity index (χ0n) is 12.8. The van der Waals surface area contributed by atoms with Crippen LogP contribution in [0.5, 0.6) is 11.5 Å². The van der Waals surface area contributed by atoms with Gasteiger partial charge in [0, 0.05) is 18.7 Å². The molecular formula is C14H18ClN3O5. The first-order valence-corrected chi connectivity index (χ1v) is 7.05. The van der Waals surface area contributed by atoms with Gasteiger partial charge in [0.2, 0.25) is 6.41 Å². The van der Waals surface area contributed by atoms with Crippen LogP contribution in [-0.4, -0.2) is 50.4 Å². The van der Waals surface area contributed by atoms with Crippen LogP contribution in [0.3, 0.4) is 0 Å². The summed E-state index contributed by atoms with van der Waals surface area (Å²) in [6.45, 7) is 0.356. The third kappa shape index (κ3) is 4.83. The van der Waals surface area contributed by atoms with E-state index >= 15 is 0 Å². The van der Waals surface area contributed by atoms with Gasteiger partial charge < -0.3 is 20.5 Å². The Morgan fingerprint density at radius 3 is 2.48 bits per heavy atom. The monoisotopic (exact) mass is 343 g/mol. The molecule has 0 aliphatic rings. The van der Waals surface area contributed by atoms with Gasteiger partial charge in [-0.1, -0.05) is 11.6 Å². The molecule has 1 rings (SSSR count). The third-order valence-electron chi connectivity index (χ3n) is 2.91. The summed E-state index contributed by atoms with van der Waals surface area (Å²) >= 11 is 5.96. The number of anilines is 1. The van der Waals surface area contributed by atoms with Crippen LogP contribution in [-0.2, 0) is 14.4 Å². The molecule has 126 valence electrons. The first kappa shape index (κ1) is 18.7. The van der Waals surface area contributed by atoms with E-state index in [2.05, 4.69) is 5.32 Å². The van der Waals surface area contributed by atoms with Crippen molar-refractivity contribution in [2.75, 3.05) is 32.6 Å². The first-order valence-electron chi connectivity index (χ1n) is 6.67. The average molecular weight is 344 g/mol. The predicted octanol–water partition coefficient (Wildman–Crippen LogP) is 0.629. The fraction of sp³-hybridized carbons (Fsp3) is 0.357. The molecule has 3 N–H and O–H groups in total. The van der Waals surface area contributed by atoms with E-state index in [1.807, 2.05) is 0 Å². The van der Waals surface area contributed by atoms with Crippen molar-refractivity contribution < 1.29 is 23.9 Å². The Morgan fingerprint density at radius 1 is 1.30 bits per heavy atom. The molecule has 0 aliphatic heterocycles. The Morgan fingerprint density at radius 2 is 1.96 bits per heavy atom. The van der Waals surface area contributed by atoms with Crippen molar-refractivity contribution >= 4 is 35.5 Å². The predicted molar refractivity (Wildman–Crippen MR) is 84.6 cm³/mol. The summed E-state index contributed by atoms with van der Waals surface area (Å²) in [6.07, 6.45) is 0.688. The summed E-state index contributed by atoms with van der Waals surface area (Å²) < 4.78 is 10.1. The number of rotatable bonds is 7. The molecule has 1 aromatic carbocycles. The van der Waals surface area contributed by atoms with E-state index in [9.17, 15) is 14.4 Å². The zero-order valence-corrected chi connectivity index (χ0v) is 13.6. The van der Waals surface area contributed by atoms with E-state index in [0.29, 0.717) is 18.7 Å². The summed E-state index contributed by atoms with van der Waals surface area (Å²) in [5, 5.41) is 2.65. The number of imide groups is 1. The zero-order chi connectivity index (χ0) is 17.4. The molecule has 23 heavy (non-hydrogen) atoms. The normalized spacial score (nSPS) is 9.91. The van der Waals surface area contributed by atoms with Crippen LogP contribution < -0.4 is 20.5 Å². The van der Waals surface area contributed by atoms with Crippen molar-refractivity contribution in [2.45, 2.75) is 6.42 Å². The van der Waals surface area contributed by atoms with Crippen LogP contribution in [0.1, 0.15) is 6.42 Å². The number of carbonyl (C=O) groups is 3. The number of benzene rings is 1. The quantitative estimate of drug-likeness (QED) is 0.555. The van der Waals surface area contributed by atoms with Crippen LogP contribution in [0, 0.1) is 0 Å². The number of hydrogen-bond acceptors (Lipinski definition) is 6. The number of nitrogens with zero attached hydrogens (tertiary/aromatic N) is 1. The minimum atomic E-state index is -0.996. The molecule has 0 saturated heterocycles. The lowest BCUT2D eigenvalue weighted by Gasteiger charge is -2.16. The largest absolute Gasteiger partial charge is 0.495 e. The highest BCUT2D eigenvalue weighted by atomic mass is 35.5. The molecule has 0 radical (unpaired) electrons. The summed E-state index contributed by atoms with van der Waals surface area (Å²) in [5.41, 5.74) is 5.51. The lowest BCUT2D eigenvalue weighted by Crippen LogP contribution is -2.40. The number of amides is 3. The molecule has 0 heterocycles. The Bertz CT molecular complexity index is 594. The Hall–Kier alpha value is -2.32. The molecule has 0 bridgehead atoms. The Balaban J connectivity index is 2.95. The number of carbonyl (C=O) groups excluding carboxylic acids is 3. The Kier molecular flexibility index (Phi) is 7.30. The maximum Gasteiger partial charge on any atom is 0.318 e. The summed E-state index contributed by atoms with van der Waals surface area (Å²) in [7, 11) is 2.79. The number of nitrogens with one attached hydrogen (secondary N) is 1. The van der Waals surface area contributed by atoms with Crippen LogP contribution in [0.2, 0.25) is 5.02 Å². The van der Waals surface area contributed by atoms with Crippen molar-refractivity contribution in [2.24, 2.45) is 5.73 Å². The third-order valence-corrected chi connectivity index (χ3v) is 3.20. The minimum absolute atomic E-state index is 0.0628. The van der Waals surface area contributed by atoms with Crippen LogP contribution in [0.4, 0.5) is 5.69 Å². The van der Waals surface area contributed by atoms with Crippen LogP contribution >= 0.6 is 11.6 Å². The fourth-order valence-electron chi connectivity index (χ4n) is 1.73. The van der Waals surface area contributed by atoms with Crippen LogP contribution in [0.15, 0.2) is 12.1 Å². The van der Waals surface area contributed by atoms with Gasteiger partial charge in [0.15, 0.2) is 0 Å². The second-order valence-corrected chi connectivity index (χ2v) is 4.79. The lowest BCUT2D eigenvalue weighted by atomic mass is 10.2. The molecule has 0 atom stereocenters. The van der Waals surface area contributed by atoms with Gasteiger partial charge >= 0.3 is 11.8 Å². The van der Waals surface area contributed by atoms with Gasteiger partial charge in [-0.05, 0) is 13.0 Å². The van der Waals surface area contributed by atoms with Gasteiger partial charge in [0.25, 0.3) is 0 Å². The van der Waals surface area contributed by atoms with E-state index in [1.54, 1.807) is 0 Å². The molecule has 1 aromatic rings. The lowest BCUT2D eigenvalue weighted by molar-refractivity contribution is -0.146. The van der Waals surface area contributed by atoms with Crippen molar-refractivity contribution in [1.29, 1.82) is 0 Å². The number of methoxy groups -OCH3 is 2. The smallest absolute Gasteiger partial charge is 0.318 e. The van der Waals surface area contributed by atoms with Gasteiger partial charge in [-0.2, -0.15) is 0 Å². The SMILES string of the molecule is COc1cc(NC(=O)C(=O)N(C=O)CCCN)c(OC)cc1Cl. The van der Waals surface area contributed by atoms with E-state index in [-0.39, 0.29) is 29.4 Å². The molecule has 0 saturated carbocycles. The van der Waals surface area contributed by atoms with Gasteiger partial charge in [-0.15, -0.1) is 0 Å². The van der Waals surface area contributed by atoms with Gasteiger partial charge in [-0.25, -0.2) is 0 Å². The van der Waals surface area contributed by atoms with Crippen LogP contribution in [0.25, 0.3) is 0 Å². The highest BCUT2D eigenvalue weighted by Crippen LogP contribution is 2.35. The van der Waals surface area contributed by atoms with Gasteiger partial charge in [-0.3, -0.25) is 19.3 Å². The van der Waals surface area contributed by atoms with Crippen molar-refractivity contribution in [3.63, 3.8) is 0 Å². The van der Waals surface area contributed by atoms with Gasteiger partial charge in [0.05, 0.1) is 24.9 Å². The molecule has 9 heteroatoms. The number of hydrogen-bond donors (Lipinski definition) is 2. The molecular weight excluding hydrogens is 326 g/mol. The van der Waals surface area contributed by atoms with E-state index in [0.717, 1.165) is 4.90 Å². The molecule has 3 amide bonds. The standard InChI is InChI=1S/C14H18ClN3O5/c1-22-11-7-10(12(23-2)6-9(11)15)17-13(20)14(21)18(8-19)5-3-4-16/h6-8H,3-5,16H2,1-2H3,(H,17,20).